The van der Waals surface area contributed by atoms with Gasteiger partial charge in [-0.1, -0.05) is 11.6 Å². The van der Waals surface area contributed by atoms with E-state index in [4.69, 9.17) is 29.6 Å². The Kier molecular flexibility index (Phi) is 4.04. The molecule has 1 aromatic carbocycles. The van der Waals surface area contributed by atoms with Gasteiger partial charge in [0.1, 0.15) is 6.04 Å². The minimum Gasteiger partial charge on any atom is -0.368 e. The van der Waals surface area contributed by atoms with Gasteiger partial charge in [-0.15, -0.1) is 0 Å². The van der Waals surface area contributed by atoms with Crippen molar-refractivity contribution in [1.82, 2.24) is 4.90 Å². The van der Waals surface area contributed by atoms with Gasteiger partial charge in [-0.2, -0.15) is 0 Å². The van der Waals surface area contributed by atoms with Crippen LogP contribution in [-0.2, 0) is 4.79 Å². The summed E-state index contributed by atoms with van der Waals surface area (Å²) < 4.78 is 0. The zero-order valence-corrected chi connectivity index (χ0v) is 11.3. The molecule has 18 heavy (non-hydrogen) atoms. The molecule has 1 aliphatic heterocycles. The summed E-state index contributed by atoms with van der Waals surface area (Å²) in [6.07, 6.45) is 1.69. The molecule has 1 amide bonds. The lowest BCUT2D eigenvalue weighted by Gasteiger charge is -2.25. The van der Waals surface area contributed by atoms with E-state index < -0.39 is 0 Å². The van der Waals surface area contributed by atoms with Crippen molar-refractivity contribution >= 4 is 40.5 Å². The lowest BCUT2D eigenvalue weighted by Crippen LogP contribution is -2.45. The highest BCUT2D eigenvalue weighted by Gasteiger charge is 2.30. The van der Waals surface area contributed by atoms with E-state index >= 15 is 0 Å². The zero-order valence-electron chi connectivity index (χ0n) is 9.73. The van der Waals surface area contributed by atoms with Crippen molar-refractivity contribution in [2.45, 2.75) is 18.9 Å². The third-order valence-corrected chi connectivity index (χ3v) is 3.53. The van der Waals surface area contributed by atoms with E-state index in [2.05, 4.69) is 5.32 Å². The Morgan fingerprint density at radius 3 is 2.72 bits per heavy atom. The van der Waals surface area contributed by atoms with Crippen molar-refractivity contribution in [3.05, 3.63) is 29.3 Å². The Balaban J connectivity index is 2.03. The molecule has 2 rings (SSSR count). The number of carbonyl (C=O) groups is 1. The number of thiocarbonyl (C=S) groups is 1. The minimum atomic E-state index is -0.326. The molecule has 1 aliphatic rings. The Labute approximate surface area is 116 Å². The van der Waals surface area contributed by atoms with E-state index in [0.29, 0.717) is 10.1 Å². The van der Waals surface area contributed by atoms with E-state index in [1.54, 1.807) is 12.1 Å². The lowest BCUT2D eigenvalue weighted by molar-refractivity contribution is -0.121. The molecule has 1 fully saturated rings. The number of primary amides is 1. The number of hydrogen-bond donors (Lipinski definition) is 2. The molecule has 0 aliphatic carbocycles. The summed E-state index contributed by atoms with van der Waals surface area (Å²) in [6.45, 7) is 0.757. The molecule has 1 saturated heterocycles. The van der Waals surface area contributed by atoms with Crippen LogP contribution in [0.1, 0.15) is 12.8 Å². The molecule has 3 N–H and O–H groups in total. The molecule has 0 bridgehead atoms. The molecule has 1 aromatic rings. The summed E-state index contributed by atoms with van der Waals surface area (Å²) in [4.78, 5) is 13.1. The second kappa shape index (κ2) is 5.54. The lowest BCUT2D eigenvalue weighted by atomic mass is 10.2. The average molecular weight is 284 g/mol. The third-order valence-electron chi connectivity index (χ3n) is 2.94. The summed E-state index contributed by atoms with van der Waals surface area (Å²) in [6, 6.07) is 6.94. The van der Waals surface area contributed by atoms with Crippen molar-refractivity contribution in [3.8, 4) is 0 Å². The minimum absolute atomic E-state index is 0.294. The van der Waals surface area contributed by atoms with E-state index in [1.807, 2.05) is 17.0 Å². The summed E-state index contributed by atoms with van der Waals surface area (Å²) in [7, 11) is 0. The normalized spacial score (nSPS) is 18.7. The number of rotatable bonds is 2. The van der Waals surface area contributed by atoms with Crippen molar-refractivity contribution < 1.29 is 4.79 Å². The maximum Gasteiger partial charge on any atom is 0.240 e. The number of hydrogen-bond acceptors (Lipinski definition) is 2. The number of nitrogens with zero attached hydrogens (tertiary/aromatic N) is 1. The van der Waals surface area contributed by atoms with Crippen LogP contribution < -0.4 is 11.1 Å². The third kappa shape index (κ3) is 2.91. The van der Waals surface area contributed by atoms with Crippen LogP contribution >= 0.6 is 23.8 Å². The van der Waals surface area contributed by atoms with Crippen molar-refractivity contribution in [3.63, 3.8) is 0 Å². The number of benzene rings is 1. The Bertz CT molecular complexity index is 463. The predicted octanol–water partition coefficient (Wildman–Crippen LogP) is 1.99. The first-order valence-corrected chi connectivity index (χ1v) is 6.49. The predicted molar refractivity (Wildman–Crippen MR) is 76.6 cm³/mol. The van der Waals surface area contributed by atoms with E-state index in [9.17, 15) is 4.79 Å². The van der Waals surface area contributed by atoms with Crippen LogP contribution in [0.15, 0.2) is 24.3 Å². The number of nitrogens with two attached hydrogens (primary N) is 1. The number of halogens is 1. The smallest absolute Gasteiger partial charge is 0.240 e. The van der Waals surface area contributed by atoms with Gasteiger partial charge >= 0.3 is 0 Å². The molecule has 6 heteroatoms. The molecule has 0 spiro atoms. The monoisotopic (exact) mass is 283 g/mol. The van der Waals surface area contributed by atoms with Gasteiger partial charge in [0.2, 0.25) is 5.91 Å². The molecule has 0 aromatic heterocycles. The fraction of sp³-hybridized carbons (Fsp3) is 0.333. The molecule has 0 unspecified atom stereocenters. The molecular formula is C12H14ClN3OS. The van der Waals surface area contributed by atoms with Gasteiger partial charge in [0.25, 0.3) is 0 Å². The number of anilines is 1. The first-order chi connectivity index (χ1) is 8.58. The topological polar surface area (TPSA) is 58.4 Å². The molecule has 1 heterocycles. The van der Waals surface area contributed by atoms with E-state index in [0.717, 1.165) is 25.1 Å². The van der Waals surface area contributed by atoms with Crippen LogP contribution in [0.2, 0.25) is 5.02 Å². The first kappa shape index (κ1) is 13.1. The summed E-state index contributed by atoms with van der Waals surface area (Å²) in [5, 5.41) is 4.28. The summed E-state index contributed by atoms with van der Waals surface area (Å²) in [5.41, 5.74) is 6.20. The fourth-order valence-electron chi connectivity index (χ4n) is 2.03. The van der Waals surface area contributed by atoms with Crippen LogP contribution in [0.3, 0.4) is 0 Å². The Hall–Kier alpha value is -1.33. The van der Waals surface area contributed by atoms with Gasteiger partial charge in [-0.25, -0.2) is 0 Å². The Morgan fingerprint density at radius 2 is 2.11 bits per heavy atom. The van der Waals surface area contributed by atoms with Crippen molar-refractivity contribution in [2.75, 3.05) is 11.9 Å². The average Bonchev–Trinajstić information content (AvgIpc) is 2.81. The second-order valence-corrected chi connectivity index (χ2v) is 5.01. The zero-order chi connectivity index (χ0) is 13.1. The van der Waals surface area contributed by atoms with E-state index in [-0.39, 0.29) is 11.9 Å². The molecule has 96 valence electrons. The standard InChI is InChI=1S/C12H14ClN3OS/c13-8-3-5-9(6-4-8)15-12(18)16-7-1-2-10(16)11(14)17/h3-6,10H,1-2,7H2,(H2,14,17)(H,15,18)/t10-/m0/s1. The van der Waals surface area contributed by atoms with E-state index in [1.165, 1.54) is 0 Å². The number of carbonyl (C=O) groups excluding carboxylic acids is 1. The number of nitrogens with one attached hydrogen (secondary N) is 1. The van der Waals surface area contributed by atoms with Crippen LogP contribution in [0.25, 0.3) is 0 Å². The maximum absolute atomic E-state index is 11.3. The van der Waals surface area contributed by atoms with Gasteiger partial charge < -0.3 is 16.0 Å². The van der Waals surface area contributed by atoms with Gasteiger partial charge in [-0.3, -0.25) is 4.79 Å². The highest BCUT2D eigenvalue weighted by Crippen LogP contribution is 2.19. The highest BCUT2D eigenvalue weighted by molar-refractivity contribution is 7.80. The van der Waals surface area contributed by atoms with Crippen LogP contribution in [0.4, 0.5) is 5.69 Å². The molecule has 0 saturated carbocycles. The molecule has 1 atom stereocenters. The molecule has 0 radical (unpaired) electrons. The van der Waals surface area contributed by atoms with Gasteiger partial charge in [0.15, 0.2) is 5.11 Å². The van der Waals surface area contributed by atoms with Crippen molar-refractivity contribution in [2.24, 2.45) is 5.73 Å². The van der Waals surface area contributed by atoms with Gasteiger partial charge in [-0.05, 0) is 49.3 Å². The van der Waals surface area contributed by atoms with Gasteiger partial charge in [0, 0.05) is 17.3 Å². The maximum atomic E-state index is 11.3. The van der Waals surface area contributed by atoms with Gasteiger partial charge in [0.05, 0.1) is 0 Å². The molecule has 4 nitrogen and oxygen atoms in total. The SMILES string of the molecule is NC(=O)[C@@H]1CCCN1C(=S)Nc1ccc(Cl)cc1. The summed E-state index contributed by atoms with van der Waals surface area (Å²) in [5.74, 6) is -0.326. The fourth-order valence-corrected chi connectivity index (χ4v) is 2.50. The van der Waals surface area contributed by atoms with Crippen LogP contribution in [-0.4, -0.2) is 28.5 Å². The second-order valence-electron chi connectivity index (χ2n) is 4.19. The Morgan fingerprint density at radius 1 is 1.44 bits per heavy atom. The highest BCUT2D eigenvalue weighted by atomic mass is 35.5. The van der Waals surface area contributed by atoms with Crippen molar-refractivity contribution in [1.29, 1.82) is 0 Å². The quantitative estimate of drug-likeness (QED) is 0.815. The first-order valence-electron chi connectivity index (χ1n) is 5.70. The van der Waals surface area contributed by atoms with Crippen LogP contribution in [0, 0.1) is 0 Å². The number of likely N-dealkylation sites (tertiary alicyclic amines) is 1. The summed E-state index contributed by atoms with van der Waals surface area (Å²) >= 11 is 11.1. The van der Waals surface area contributed by atoms with Crippen LogP contribution in [0.5, 0.6) is 0 Å². The largest absolute Gasteiger partial charge is 0.368 e. The molecular weight excluding hydrogens is 270 g/mol. The number of amides is 1.